The van der Waals surface area contributed by atoms with E-state index in [9.17, 15) is 0 Å². The van der Waals surface area contributed by atoms with Crippen LogP contribution in [-0.4, -0.2) is 6.61 Å². The molecule has 0 bridgehead atoms. The molecular formula is C12H17NO2. The molecular weight excluding hydrogens is 190 g/mol. The maximum absolute atomic E-state index is 5.66. The Kier molecular flexibility index (Phi) is 2.67. The number of hydrogen-bond donors (Lipinski definition) is 1. The van der Waals surface area contributed by atoms with Gasteiger partial charge in [-0.05, 0) is 37.0 Å². The van der Waals surface area contributed by atoms with Crippen molar-refractivity contribution in [2.24, 2.45) is 5.92 Å². The van der Waals surface area contributed by atoms with Crippen molar-refractivity contribution in [1.82, 2.24) is 0 Å². The van der Waals surface area contributed by atoms with Crippen molar-refractivity contribution in [1.29, 1.82) is 0 Å². The number of nitrogen functional groups attached to an aromatic ring is 1. The molecule has 0 aromatic heterocycles. The van der Waals surface area contributed by atoms with Crippen LogP contribution in [-0.2, 0) is 15.4 Å². The zero-order valence-electron chi connectivity index (χ0n) is 9.19. The van der Waals surface area contributed by atoms with Gasteiger partial charge in [-0.25, -0.2) is 9.78 Å². The summed E-state index contributed by atoms with van der Waals surface area (Å²) in [6, 6.07) is 7.79. The van der Waals surface area contributed by atoms with Crippen molar-refractivity contribution >= 4 is 5.69 Å². The van der Waals surface area contributed by atoms with E-state index in [4.69, 9.17) is 15.5 Å². The molecule has 2 rings (SSSR count). The maximum Gasteiger partial charge on any atom is 0.128 e. The van der Waals surface area contributed by atoms with Crippen LogP contribution in [0, 0.1) is 5.92 Å². The first kappa shape index (κ1) is 10.5. The Balaban J connectivity index is 2.30. The number of nitrogens with two attached hydrogens (primary N) is 1. The molecule has 0 amide bonds. The van der Waals surface area contributed by atoms with Gasteiger partial charge in [0.15, 0.2) is 0 Å². The third kappa shape index (κ3) is 1.85. The fourth-order valence-corrected chi connectivity index (χ4v) is 1.89. The lowest BCUT2D eigenvalue weighted by Crippen LogP contribution is -2.38. The molecule has 82 valence electrons. The van der Waals surface area contributed by atoms with E-state index in [2.05, 4.69) is 13.8 Å². The summed E-state index contributed by atoms with van der Waals surface area (Å²) >= 11 is 0. The van der Waals surface area contributed by atoms with Gasteiger partial charge in [0.05, 0.1) is 6.61 Å². The summed E-state index contributed by atoms with van der Waals surface area (Å²) in [5, 5.41) is 0. The highest BCUT2D eigenvalue weighted by Crippen LogP contribution is 2.38. The summed E-state index contributed by atoms with van der Waals surface area (Å²) in [6.45, 7) is 4.91. The van der Waals surface area contributed by atoms with E-state index in [0.29, 0.717) is 12.5 Å². The van der Waals surface area contributed by atoms with E-state index in [0.717, 1.165) is 17.7 Å². The van der Waals surface area contributed by atoms with Crippen LogP contribution >= 0.6 is 0 Å². The highest BCUT2D eigenvalue weighted by atomic mass is 17.2. The van der Waals surface area contributed by atoms with Crippen molar-refractivity contribution in [2.75, 3.05) is 12.3 Å². The molecule has 2 unspecified atom stereocenters. The van der Waals surface area contributed by atoms with Crippen LogP contribution in [0.2, 0.25) is 0 Å². The minimum absolute atomic E-state index is 0.355. The molecule has 2 N–H and O–H groups in total. The molecule has 0 radical (unpaired) electrons. The highest BCUT2D eigenvalue weighted by Gasteiger charge is 2.38. The Morgan fingerprint density at radius 2 is 2.00 bits per heavy atom. The van der Waals surface area contributed by atoms with Crippen molar-refractivity contribution in [2.45, 2.75) is 25.9 Å². The van der Waals surface area contributed by atoms with Crippen molar-refractivity contribution in [3.8, 4) is 0 Å². The standard InChI is InChI=1S/C12H17NO2/c1-9-7-8-14-15-12(9,2)10-3-5-11(13)6-4-10/h3-6,9H,7-8,13H2,1-2H3. The molecule has 1 saturated heterocycles. The summed E-state index contributed by atoms with van der Waals surface area (Å²) in [4.78, 5) is 10.6. The second kappa shape index (κ2) is 3.83. The third-order valence-corrected chi connectivity index (χ3v) is 3.29. The Morgan fingerprint density at radius 1 is 1.33 bits per heavy atom. The Morgan fingerprint density at radius 3 is 2.60 bits per heavy atom. The zero-order valence-corrected chi connectivity index (χ0v) is 9.19. The van der Waals surface area contributed by atoms with E-state index in [1.54, 1.807) is 0 Å². The van der Waals surface area contributed by atoms with Crippen LogP contribution in [0.1, 0.15) is 25.8 Å². The van der Waals surface area contributed by atoms with Crippen molar-refractivity contribution in [3.63, 3.8) is 0 Å². The topological polar surface area (TPSA) is 44.5 Å². The van der Waals surface area contributed by atoms with Crippen LogP contribution < -0.4 is 5.73 Å². The number of rotatable bonds is 1. The molecule has 0 spiro atoms. The average molecular weight is 207 g/mol. The lowest BCUT2D eigenvalue weighted by molar-refractivity contribution is -0.398. The lowest BCUT2D eigenvalue weighted by Gasteiger charge is -2.38. The van der Waals surface area contributed by atoms with E-state index < -0.39 is 0 Å². The predicted molar refractivity (Wildman–Crippen MR) is 59.0 cm³/mol. The average Bonchev–Trinajstić information content (AvgIpc) is 2.23. The van der Waals surface area contributed by atoms with E-state index >= 15 is 0 Å². The van der Waals surface area contributed by atoms with Gasteiger partial charge in [0, 0.05) is 5.69 Å². The Hall–Kier alpha value is -1.06. The summed E-state index contributed by atoms with van der Waals surface area (Å²) in [5.41, 5.74) is 7.19. The largest absolute Gasteiger partial charge is 0.399 e. The normalized spacial score (nSPS) is 31.5. The molecule has 2 atom stereocenters. The molecule has 3 heteroatoms. The van der Waals surface area contributed by atoms with Gasteiger partial charge in [0.25, 0.3) is 0 Å². The number of hydrogen-bond acceptors (Lipinski definition) is 3. The van der Waals surface area contributed by atoms with E-state index in [1.165, 1.54) is 0 Å². The van der Waals surface area contributed by atoms with Gasteiger partial charge < -0.3 is 5.73 Å². The van der Waals surface area contributed by atoms with Gasteiger partial charge >= 0.3 is 0 Å². The molecule has 1 fully saturated rings. The molecule has 1 aliphatic rings. The van der Waals surface area contributed by atoms with Crippen LogP contribution in [0.5, 0.6) is 0 Å². The first-order chi connectivity index (χ1) is 7.13. The summed E-state index contributed by atoms with van der Waals surface area (Å²) in [5.74, 6) is 0.440. The van der Waals surface area contributed by atoms with E-state index in [1.807, 2.05) is 24.3 Å². The Bertz CT molecular complexity index is 336. The lowest BCUT2D eigenvalue weighted by atomic mass is 9.82. The maximum atomic E-state index is 5.66. The van der Waals surface area contributed by atoms with Crippen LogP contribution in [0.25, 0.3) is 0 Å². The van der Waals surface area contributed by atoms with Gasteiger partial charge in [-0.15, -0.1) is 0 Å². The van der Waals surface area contributed by atoms with Gasteiger partial charge in [-0.2, -0.15) is 0 Å². The van der Waals surface area contributed by atoms with Gasteiger partial charge in [0.1, 0.15) is 5.60 Å². The van der Waals surface area contributed by atoms with Crippen LogP contribution in [0.3, 0.4) is 0 Å². The van der Waals surface area contributed by atoms with E-state index in [-0.39, 0.29) is 5.60 Å². The predicted octanol–water partition coefficient (Wildman–Crippen LogP) is 2.47. The van der Waals surface area contributed by atoms with Gasteiger partial charge in [-0.1, -0.05) is 19.1 Å². The third-order valence-electron chi connectivity index (χ3n) is 3.29. The SMILES string of the molecule is CC1CCOOC1(C)c1ccc(N)cc1. The molecule has 3 nitrogen and oxygen atoms in total. The summed E-state index contributed by atoms with van der Waals surface area (Å²) in [6.07, 6.45) is 1.01. The first-order valence-electron chi connectivity index (χ1n) is 5.29. The molecule has 1 aliphatic heterocycles. The minimum Gasteiger partial charge on any atom is -0.399 e. The Labute approximate surface area is 90.1 Å². The molecule has 15 heavy (non-hydrogen) atoms. The molecule has 0 aliphatic carbocycles. The molecule has 1 aromatic rings. The molecule has 1 heterocycles. The molecule has 0 saturated carbocycles. The van der Waals surface area contributed by atoms with Gasteiger partial charge in [0.2, 0.25) is 0 Å². The zero-order chi connectivity index (χ0) is 10.9. The highest BCUT2D eigenvalue weighted by molar-refractivity contribution is 5.41. The second-order valence-corrected chi connectivity index (χ2v) is 4.32. The minimum atomic E-state index is -0.355. The van der Waals surface area contributed by atoms with Crippen LogP contribution in [0.15, 0.2) is 24.3 Å². The summed E-state index contributed by atoms with van der Waals surface area (Å²) in [7, 11) is 0. The fourth-order valence-electron chi connectivity index (χ4n) is 1.89. The van der Waals surface area contributed by atoms with Crippen molar-refractivity contribution < 1.29 is 9.78 Å². The molecule has 1 aromatic carbocycles. The van der Waals surface area contributed by atoms with Crippen molar-refractivity contribution in [3.05, 3.63) is 29.8 Å². The van der Waals surface area contributed by atoms with Crippen LogP contribution in [0.4, 0.5) is 5.69 Å². The quantitative estimate of drug-likeness (QED) is 0.568. The first-order valence-corrected chi connectivity index (χ1v) is 5.29. The summed E-state index contributed by atoms with van der Waals surface area (Å²) < 4.78 is 0. The number of benzene rings is 1. The number of anilines is 1. The fraction of sp³-hybridized carbons (Fsp3) is 0.500. The second-order valence-electron chi connectivity index (χ2n) is 4.32. The monoisotopic (exact) mass is 207 g/mol. The van der Waals surface area contributed by atoms with Gasteiger partial charge in [-0.3, -0.25) is 0 Å². The smallest absolute Gasteiger partial charge is 0.128 e.